The van der Waals surface area contributed by atoms with Gasteiger partial charge >= 0.3 is 0 Å². The van der Waals surface area contributed by atoms with E-state index in [4.69, 9.17) is 0 Å². The van der Waals surface area contributed by atoms with Gasteiger partial charge in [0.05, 0.1) is 27.2 Å². The zero-order chi connectivity index (χ0) is 22.7. The van der Waals surface area contributed by atoms with Crippen molar-refractivity contribution in [1.29, 1.82) is 0 Å². The summed E-state index contributed by atoms with van der Waals surface area (Å²) in [6.07, 6.45) is 1.50. The van der Waals surface area contributed by atoms with Gasteiger partial charge in [0.1, 0.15) is 12.1 Å². The van der Waals surface area contributed by atoms with Gasteiger partial charge in [-0.2, -0.15) is 0 Å². The minimum Gasteiger partial charge on any atom is -0.353 e. The molecule has 0 bridgehead atoms. The van der Waals surface area contributed by atoms with Gasteiger partial charge in [-0.25, -0.2) is 9.97 Å². The summed E-state index contributed by atoms with van der Waals surface area (Å²) in [4.78, 5) is 45.8. The maximum Gasteiger partial charge on any atom is 0.277 e. The first-order chi connectivity index (χ1) is 15.4. The zero-order valence-corrected chi connectivity index (χ0v) is 16.8. The van der Waals surface area contributed by atoms with Gasteiger partial charge in [0.2, 0.25) is 0 Å². The lowest BCUT2D eigenvalue weighted by molar-refractivity contribution is -0.394. The number of amides is 1. The van der Waals surface area contributed by atoms with Crippen LogP contribution in [0.15, 0.2) is 60.9 Å². The van der Waals surface area contributed by atoms with Gasteiger partial charge < -0.3 is 9.80 Å². The van der Waals surface area contributed by atoms with E-state index in [1.165, 1.54) is 11.2 Å². The molecular weight excluding hydrogens is 416 g/mol. The van der Waals surface area contributed by atoms with Crippen LogP contribution in [-0.4, -0.2) is 56.8 Å². The molecule has 4 rings (SSSR count). The quantitative estimate of drug-likeness (QED) is 0.442. The van der Waals surface area contributed by atoms with E-state index < -0.39 is 27.1 Å². The highest BCUT2D eigenvalue weighted by Gasteiger charge is 2.26. The molecule has 11 heteroatoms. The lowest BCUT2D eigenvalue weighted by Crippen LogP contribution is -2.49. The van der Waals surface area contributed by atoms with E-state index in [-0.39, 0.29) is 5.56 Å². The van der Waals surface area contributed by atoms with Crippen LogP contribution in [0.4, 0.5) is 17.2 Å². The molecule has 0 N–H and O–H groups in total. The van der Waals surface area contributed by atoms with Crippen LogP contribution < -0.4 is 4.90 Å². The summed E-state index contributed by atoms with van der Waals surface area (Å²) in [5.74, 6) is 0.251. The van der Waals surface area contributed by atoms with E-state index in [0.29, 0.717) is 26.2 Å². The molecule has 3 aromatic rings. The molecule has 0 radical (unpaired) electrons. The third-order valence-corrected chi connectivity index (χ3v) is 5.18. The molecule has 11 nitrogen and oxygen atoms in total. The van der Waals surface area contributed by atoms with Crippen molar-refractivity contribution in [2.75, 3.05) is 31.1 Å². The Morgan fingerprint density at radius 1 is 0.844 bits per heavy atom. The average molecular weight is 434 g/mol. The molecule has 2 heterocycles. The van der Waals surface area contributed by atoms with E-state index in [9.17, 15) is 25.0 Å². The van der Waals surface area contributed by atoms with E-state index in [0.717, 1.165) is 35.3 Å². The Hall–Kier alpha value is -4.41. The third-order valence-electron chi connectivity index (χ3n) is 5.18. The second-order valence-electron chi connectivity index (χ2n) is 7.16. The number of hydrogen-bond donors (Lipinski definition) is 0. The summed E-state index contributed by atoms with van der Waals surface area (Å²) in [6, 6.07) is 14.6. The van der Waals surface area contributed by atoms with Gasteiger partial charge in [0, 0.05) is 49.9 Å². The Morgan fingerprint density at radius 2 is 1.47 bits per heavy atom. The highest BCUT2D eigenvalue weighted by atomic mass is 16.6. The Morgan fingerprint density at radius 3 is 2.06 bits per heavy atom. The number of nitro groups is 2. The number of anilines is 1. The zero-order valence-electron chi connectivity index (χ0n) is 16.8. The number of nitro benzene ring substituents is 2. The van der Waals surface area contributed by atoms with Crippen LogP contribution in [0, 0.1) is 20.2 Å². The number of carbonyl (C=O) groups excluding carboxylic acids is 1. The van der Waals surface area contributed by atoms with Gasteiger partial charge in [0.15, 0.2) is 0 Å². The highest BCUT2D eigenvalue weighted by molar-refractivity contribution is 5.95. The number of aromatic nitrogens is 2. The molecule has 32 heavy (non-hydrogen) atoms. The first kappa shape index (κ1) is 20.8. The number of rotatable bonds is 5. The summed E-state index contributed by atoms with van der Waals surface area (Å²) in [5.41, 5.74) is 0.703. The van der Waals surface area contributed by atoms with Crippen molar-refractivity contribution in [3.05, 3.63) is 86.7 Å². The first-order valence-electron chi connectivity index (χ1n) is 9.78. The molecule has 1 amide bonds. The fraction of sp³-hybridized carbons (Fsp3) is 0.190. The summed E-state index contributed by atoms with van der Waals surface area (Å²) in [7, 11) is 0. The topological polar surface area (TPSA) is 136 Å². The maximum atomic E-state index is 12.9. The predicted octanol–water partition coefficient (Wildman–Crippen LogP) is 2.92. The number of non-ortho nitro benzene ring substituents is 2. The molecule has 2 aromatic carbocycles. The van der Waals surface area contributed by atoms with Gasteiger partial charge in [-0.05, 0) is 0 Å². The van der Waals surface area contributed by atoms with Crippen LogP contribution in [0.1, 0.15) is 10.4 Å². The molecule has 1 saturated heterocycles. The van der Waals surface area contributed by atoms with Crippen LogP contribution in [0.3, 0.4) is 0 Å². The monoisotopic (exact) mass is 434 g/mol. The molecule has 1 fully saturated rings. The predicted molar refractivity (Wildman–Crippen MR) is 115 cm³/mol. The Kier molecular flexibility index (Phi) is 5.71. The lowest BCUT2D eigenvalue weighted by atomic mass is 10.1. The number of piperazine rings is 1. The third kappa shape index (κ3) is 4.36. The summed E-state index contributed by atoms with van der Waals surface area (Å²) < 4.78 is 0. The standard InChI is InChI=1S/C21H18N6O5/c28-21(16-10-17(26(29)30)12-18(11-16)27(31)32)25-8-6-24(7-9-25)20-13-19(22-14-23-20)15-4-2-1-3-5-15/h1-5,10-14H,6-9H2. The number of benzene rings is 2. The minimum absolute atomic E-state index is 0.0762. The molecule has 1 aromatic heterocycles. The van der Waals surface area contributed by atoms with Gasteiger partial charge in [-0.3, -0.25) is 25.0 Å². The van der Waals surface area contributed by atoms with E-state index in [1.54, 1.807) is 0 Å². The number of hydrogen-bond acceptors (Lipinski definition) is 8. The van der Waals surface area contributed by atoms with E-state index in [1.807, 2.05) is 41.3 Å². The van der Waals surface area contributed by atoms with Gasteiger partial charge in [-0.1, -0.05) is 30.3 Å². The number of carbonyl (C=O) groups is 1. The van der Waals surface area contributed by atoms with Crippen LogP contribution in [-0.2, 0) is 0 Å². The van der Waals surface area contributed by atoms with Gasteiger partial charge in [-0.15, -0.1) is 0 Å². The first-order valence-corrected chi connectivity index (χ1v) is 9.78. The van der Waals surface area contributed by atoms with Crippen LogP contribution in [0.25, 0.3) is 11.3 Å². The summed E-state index contributed by atoms with van der Waals surface area (Å²) in [6.45, 7) is 1.68. The van der Waals surface area contributed by atoms with Crippen LogP contribution >= 0.6 is 0 Å². The largest absolute Gasteiger partial charge is 0.353 e. The second kappa shape index (κ2) is 8.76. The maximum absolute atomic E-state index is 12.9. The molecule has 162 valence electrons. The average Bonchev–Trinajstić information content (AvgIpc) is 2.84. The molecule has 0 saturated carbocycles. The molecule has 0 aliphatic carbocycles. The van der Waals surface area contributed by atoms with Crippen LogP contribution in [0.5, 0.6) is 0 Å². The van der Waals surface area contributed by atoms with Crippen molar-refractivity contribution in [2.45, 2.75) is 0 Å². The van der Waals surface area contributed by atoms with Crippen molar-refractivity contribution in [2.24, 2.45) is 0 Å². The SMILES string of the molecule is O=C(c1cc([N+](=O)[O-])cc([N+](=O)[O-])c1)N1CCN(c2cc(-c3ccccc3)ncn2)CC1. The van der Waals surface area contributed by atoms with E-state index >= 15 is 0 Å². The van der Waals surface area contributed by atoms with Crippen molar-refractivity contribution in [1.82, 2.24) is 14.9 Å². The molecule has 0 spiro atoms. The normalized spacial score (nSPS) is 13.6. The van der Waals surface area contributed by atoms with Crippen molar-refractivity contribution < 1.29 is 14.6 Å². The molecule has 0 unspecified atom stereocenters. The second-order valence-corrected chi connectivity index (χ2v) is 7.16. The highest BCUT2D eigenvalue weighted by Crippen LogP contribution is 2.25. The smallest absolute Gasteiger partial charge is 0.277 e. The van der Waals surface area contributed by atoms with Crippen molar-refractivity contribution >= 4 is 23.1 Å². The fourth-order valence-corrected chi connectivity index (χ4v) is 3.54. The fourth-order valence-electron chi connectivity index (χ4n) is 3.54. The lowest BCUT2D eigenvalue weighted by Gasteiger charge is -2.35. The molecule has 1 aliphatic heterocycles. The van der Waals surface area contributed by atoms with Crippen molar-refractivity contribution in [3.63, 3.8) is 0 Å². The van der Waals surface area contributed by atoms with Crippen molar-refractivity contribution in [3.8, 4) is 11.3 Å². The molecule has 1 aliphatic rings. The van der Waals surface area contributed by atoms with Gasteiger partial charge in [0.25, 0.3) is 17.3 Å². The summed E-state index contributed by atoms with van der Waals surface area (Å²) >= 11 is 0. The molecular formula is C21H18N6O5. The summed E-state index contributed by atoms with van der Waals surface area (Å²) in [5, 5.41) is 22.2. The Balaban J connectivity index is 1.48. The van der Waals surface area contributed by atoms with E-state index in [2.05, 4.69) is 9.97 Å². The number of nitrogens with zero attached hydrogens (tertiary/aromatic N) is 6. The minimum atomic E-state index is -0.749. The molecule has 0 atom stereocenters. The Bertz CT molecular complexity index is 1150. The van der Waals surface area contributed by atoms with Crippen LogP contribution in [0.2, 0.25) is 0 Å². The Labute approximate surface area is 182 Å².